The molecular formula is C26H28ClN5O3. The molecule has 9 heteroatoms. The second-order valence-electron chi connectivity index (χ2n) is 8.54. The number of aromatic nitrogens is 4. The first-order valence-corrected chi connectivity index (χ1v) is 12.3. The second kappa shape index (κ2) is 12.3. The lowest BCUT2D eigenvalue weighted by molar-refractivity contribution is -0.122. The number of benzene rings is 2. The fourth-order valence-corrected chi connectivity index (χ4v) is 4.23. The maximum absolute atomic E-state index is 12.0. The predicted octanol–water partition coefficient (Wildman–Crippen LogP) is 5.08. The van der Waals surface area contributed by atoms with E-state index in [1.165, 1.54) is 25.7 Å². The highest BCUT2D eigenvalue weighted by molar-refractivity contribution is 6.30. The van der Waals surface area contributed by atoms with Crippen LogP contribution in [-0.2, 0) is 11.2 Å². The molecule has 1 amide bonds. The van der Waals surface area contributed by atoms with Crippen molar-refractivity contribution in [2.75, 3.05) is 0 Å². The van der Waals surface area contributed by atoms with Crippen molar-refractivity contribution in [3.63, 3.8) is 0 Å². The Morgan fingerprint density at radius 3 is 2.60 bits per heavy atom. The van der Waals surface area contributed by atoms with Crippen LogP contribution in [0, 0.1) is 0 Å². The van der Waals surface area contributed by atoms with Crippen LogP contribution in [0.5, 0.6) is 0 Å². The molecular weight excluding hydrogens is 466 g/mol. The predicted molar refractivity (Wildman–Crippen MR) is 135 cm³/mol. The normalized spacial score (nSPS) is 13.7. The number of rotatable bonds is 6. The number of aryl methyl sites for hydroxylation is 1. The number of nitrogens with zero attached hydrogens (tertiary/aromatic N) is 3. The summed E-state index contributed by atoms with van der Waals surface area (Å²) >= 11 is 5.71. The number of amides is 1. The molecule has 0 atom stereocenters. The molecule has 2 aromatic carbocycles. The molecule has 0 bridgehead atoms. The molecule has 35 heavy (non-hydrogen) atoms. The van der Waals surface area contributed by atoms with Crippen LogP contribution in [0.4, 0.5) is 0 Å². The summed E-state index contributed by atoms with van der Waals surface area (Å²) in [5, 5.41) is 11.7. The fraction of sp³-hybridized carbons (Fsp3) is 0.346. The molecule has 0 aliphatic heterocycles. The van der Waals surface area contributed by atoms with Gasteiger partial charge in [-0.25, -0.2) is 4.98 Å². The number of fused-ring (bicyclic) bond motifs is 1. The van der Waals surface area contributed by atoms with Gasteiger partial charge in [-0.05, 0) is 55.7 Å². The zero-order chi connectivity index (χ0) is 24.5. The Balaban J connectivity index is 0.000000201. The SMILES string of the molecule is Clc1ccc(-c2nnco2)cc1.O=C(CCCc1nc2ccccc2c(=O)[nH]1)NC1CCCCC1. The van der Waals surface area contributed by atoms with E-state index >= 15 is 0 Å². The maximum atomic E-state index is 12.0. The smallest absolute Gasteiger partial charge is 0.258 e. The van der Waals surface area contributed by atoms with E-state index in [0.29, 0.717) is 52.9 Å². The number of carbonyl (C=O) groups is 1. The second-order valence-corrected chi connectivity index (χ2v) is 8.97. The Bertz CT molecular complexity index is 1280. The third-order valence-corrected chi connectivity index (χ3v) is 6.15. The van der Waals surface area contributed by atoms with E-state index in [-0.39, 0.29) is 11.5 Å². The molecule has 0 unspecified atom stereocenters. The molecule has 1 aliphatic rings. The molecule has 0 saturated heterocycles. The van der Waals surface area contributed by atoms with Crippen LogP contribution in [0.25, 0.3) is 22.4 Å². The van der Waals surface area contributed by atoms with Crippen LogP contribution in [-0.4, -0.2) is 32.1 Å². The third-order valence-electron chi connectivity index (χ3n) is 5.90. The standard InChI is InChI=1S/C18H23N3O2.C8H5ClN2O/c22-17(19-13-7-2-1-3-8-13)12-6-11-16-20-15-10-5-4-9-14(15)18(23)21-16;9-7-3-1-6(2-4-7)8-11-10-5-12-8/h4-5,9-10,13H,1-3,6-8,11-12H2,(H,19,22)(H,20,21,23);1-5H. The van der Waals surface area contributed by atoms with Crippen LogP contribution < -0.4 is 10.9 Å². The number of aromatic amines is 1. The molecule has 1 fully saturated rings. The maximum Gasteiger partial charge on any atom is 0.258 e. The van der Waals surface area contributed by atoms with Gasteiger partial charge in [0, 0.05) is 29.5 Å². The van der Waals surface area contributed by atoms with Crippen molar-refractivity contribution in [2.45, 2.75) is 57.4 Å². The largest absolute Gasteiger partial charge is 0.423 e. The van der Waals surface area contributed by atoms with Gasteiger partial charge in [-0.15, -0.1) is 10.2 Å². The Kier molecular flexibility index (Phi) is 8.62. The lowest BCUT2D eigenvalue weighted by Gasteiger charge is -2.22. The molecule has 0 spiro atoms. The fourth-order valence-electron chi connectivity index (χ4n) is 4.11. The topological polar surface area (TPSA) is 114 Å². The van der Waals surface area contributed by atoms with Crippen molar-refractivity contribution in [3.8, 4) is 11.5 Å². The van der Waals surface area contributed by atoms with Crippen molar-refractivity contribution in [3.05, 3.63) is 76.1 Å². The molecule has 8 nitrogen and oxygen atoms in total. The van der Waals surface area contributed by atoms with Gasteiger partial charge in [-0.2, -0.15) is 0 Å². The van der Waals surface area contributed by atoms with Crippen LogP contribution in [0.2, 0.25) is 5.02 Å². The highest BCUT2D eigenvalue weighted by Gasteiger charge is 2.15. The van der Waals surface area contributed by atoms with Gasteiger partial charge < -0.3 is 14.7 Å². The summed E-state index contributed by atoms with van der Waals surface area (Å²) in [7, 11) is 0. The van der Waals surface area contributed by atoms with Gasteiger partial charge in [0.05, 0.1) is 10.9 Å². The Morgan fingerprint density at radius 1 is 1.09 bits per heavy atom. The first kappa shape index (κ1) is 24.6. The van der Waals surface area contributed by atoms with Gasteiger partial charge in [0.15, 0.2) is 0 Å². The van der Waals surface area contributed by atoms with Gasteiger partial charge >= 0.3 is 0 Å². The quantitative estimate of drug-likeness (QED) is 0.387. The van der Waals surface area contributed by atoms with Gasteiger partial charge in [0.2, 0.25) is 18.2 Å². The van der Waals surface area contributed by atoms with Gasteiger partial charge in [-0.3, -0.25) is 9.59 Å². The minimum Gasteiger partial charge on any atom is -0.423 e. The van der Waals surface area contributed by atoms with E-state index in [1.807, 2.05) is 30.3 Å². The van der Waals surface area contributed by atoms with Gasteiger partial charge in [0.25, 0.3) is 5.56 Å². The first-order chi connectivity index (χ1) is 17.1. The van der Waals surface area contributed by atoms with Crippen LogP contribution >= 0.6 is 11.6 Å². The summed E-state index contributed by atoms with van der Waals surface area (Å²) < 4.78 is 4.99. The summed E-state index contributed by atoms with van der Waals surface area (Å²) in [4.78, 5) is 31.2. The number of hydrogen-bond acceptors (Lipinski definition) is 6. The van der Waals surface area contributed by atoms with E-state index < -0.39 is 0 Å². The molecule has 4 aromatic rings. The number of hydrogen-bond donors (Lipinski definition) is 2. The molecule has 5 rings (SSSR count). The van der Waals surface area contributed by atoms with E-state index in [1.54, 1.807) is 18.2 Å². The minimum atomic E-state index is -0.114. The number of H-pyrrole nitrogens is 1. The Hall–Kier alpha value is -3.52. The zero-order valence-electron chi connectivity index (χ0n) is 19.4. The molecule has 1 aliphatic carbocycles. The molecule has 1 saturated carbocycles. The van der Waals surface area contributed by atoms with Crippen molar-refractivity contribution in [1.29, 1.82) is 0 Å². The van der Waals surface area contributed by atoms with E-state index in [0.717, 1.165) is 18.4 Å². The molecule has 2 heterocycles. The number of halogens is 1. The zero-order valence-corrected chi connectivity index (χ0v) is 20.1. The lowest BCUT2D eigenvalue weighted by atomic mass is 9.95. The van der Waals surface area contributed by atoms with E-state index in [2.05, 4.69) is 25.5 Å². The van der Waals surface area contributed by atoms with Crippen molar-refractivity contribution in [1.82, 2.24) is 25.5 Å². The number of nitrogens with one attached hydrogen (secondary N) is 2. The monoisotopic (exact) mass is 493 g/mol. The summed E-state index contributed by atoms with van der Waals surface area (Å²) in [6, 6.07) is 14.9. The van der Waals surface area contributed by atoms with Crippen LogP contribution in [0.3, 0.4) is 0 Å². The van der Waals surface area contributed by atoms with Gasteiger partial charge in [-0.1, -0.05) is 43.0 Å². The van der Waals surface area contributed by atoms with Crippen molar-refractivity contribution in [2.24, 2.45) is 0 Å². The average molecular weight is 494 g/mol. The first-order valence-electron chi connectivity index (χ1n) is 11.9. The van der Waals surface area contributed by atoms with Crippen LogP contribution in [0.15, 0.2) is 64.1 Å². The Morgan fingerprint density at radius 2 is 1.86 bits per heavy atom. The highest BCUT2D eigenvalue weighted by atomic mass is 35.5. The minimum absolute atomic E-state index is 0.111. The summed E-state index contributed by atoms with van der Waals surface area (Å²) in [6.45, 7) is 0. The summed E-state index contributed by atoms with van der Waals surface area (Å²) in [5.74, 6) is 1.27. The Labute approximate surface area is 208 Å². The molecule has 0 radical (unpaired) electrons. The molecule has 182 valence electrons. The summed E-state index contributed by atoms with van der Waals surface area (Å²) in [5.41, 5.74) is 1.46. The molecule has 2 N–H and O–H groups in total. The molecule has 2 aromatic heterocycles. The van der Waals surface area contributed by atoms with Crippen LogP contribution in [0.1, 0.15) is 50.8 Å². The van der Waals surface area contributed by atoms with Crippen molar-refractivity contribution < 1.29 is 9.21 Å². The number of para-hydroxylation sites is 1. The highest BCUT2D eigenvalue weighted by Crippen LogP contribution is 2.19. The number of carbonyl (C=O) groups excluding carboxylic acids is 1. The van der Waals surface area contributed by atoms with E-state index in [4.69, 9.17) is 16.0 Å². The third kappa shape index (κ3) is 7.23. The average Bonchev–Trinajstić information content (AvgIpc) is 3.41. The van der Waals surface area contributed by atoms with Gasteiger partial charge in [0.1, 0.15) is 5.82 Å². The lowest BCUT2D eigenvalue weighted by Crippen LogP contribution is -2.36. The van der Waals surface area contributed by atoms with E-state index in [9.17, 15) is 9.59 Å². The van der Waals surface area contributed by atoms with Crippen molar-refractivity contribution >= 4 is 28.4 Å². The summed E-state index contributed by atoms with van der Waals surface area (Å²) in [6.07, 6.45) is 9.00.